The number of benzene rings is 2. The summed E-state index contributed by atoms with van der Waals surface area (Å²) in [7, 11) is 1.62. The smallest absolute Gasteiger partial charge is 0.409 e. The minimum absolute atomic E-state index is 0.213. The average Bonchev–Trinajstić information content (AvgIpc) is 3.63. The Morgan fingerprint density at radius 3 is 2.38 bits per heavy atom. The van der Waals surface area contributed by atoms with Crippen LogP contribution in [0.2, 0.25) is 5.02 Å². The van der Waals surface area contributed by atoms with E-state index in [0.29, 0.717) is 56.9 Å². The Morgan fingerprint density at radius 1 is 0.981 bits per heavy atom. The molecule has 2 heterocycles. The van der Waals surface area contributed by atoms with Gasteiger partial charge in [0.15, 0.2) is 11.5 Å². The molecule has 2 aromatic carbocycles. The van der Waals surface area contributed by atoms with Crippen LogP contribution in [0.3, 0.4) is 0 Å². The van der Waals surface area contributed by atoms with E-state index in [9.17, 15) is 20.0 Å². The summed E-state index contributed by atoms with van der Waals surface area (Å²) in [5.74, 6) is 0.283. The molecule has 0 atom stereocenters. The number of aliphatic carboxylic acids is 1. The second-order valence-corrected chi connectivity index (χ2v) is 14.6. The number of pyridine rings is 1. The minimum atomic E-state index is -0.758. The average molecular weight is 726 g/mol. The van der Waals surface area contributed by atoms with Crippen molar-refractivity contribution in [1.29, 1.82) is 5.26 Å². The zero-order chi connectivity index (χ0) is 36.7. The van der Waals surface area contributed by atoms with Crippen molar-refractivity contribution in [3.8, 4) is 17.6 Å². The first-order chi connectivity index (χ1) is 25.2. The second kappa shape index (κ2) is 16.9. The minimum Gasteiger partial charge on any atom is -0.493 e. The van der Waals surface area contributed by atoms with Crippen molar-refractivity contribution in [1.82, 2.24) is 9.88 Å². The Balaban J connectivity index is 0.000000179. The molecule has 0 spiro atoms. The van der Waals surface area contributed by atoms with Crippen LogP contribution in [-0.4, -0.2) is 60.0 Å². The SMILES string of the molecule is CCOC(=O)N1CCC(=C2c3ccc(Cl)cc3CCc3cccnc32)CC1.COc1ccc(C2(C#N)CCC(C(=O)O)CC2)cc1OC1CCCC1. The van der Waals surface area contributed by atoms with E-state index in [1.165, 1.54) is 40.7 Å². The van der Waals surface area contributed by atoms with E-state index in [1.54, 1.807) is 12.0 Å². The molecule has 3 aliphatic carbocycles. The lowest BCUT2D eigenvalue weighted by atomic mass is 9.67. The molecular formula is C42H48ClN3O6. The van der Waals surface area contributed by atoms with Crippen LogP contribution in [0.1, 0.15) is 99.1 Å². The van der Waals surface area contributed by atoms with Gasteiger partial charge in [0.25, 0.3) is 0 Å². The molecule has 0 unspecified atom stereocenters. The van der Waals surface area contributed by atoms with Crippen LogP contribution in [-0.2, 0) is 27.8 Å². The van der Waals surface area contributed by atoms with E-state index < -0.39 is 11.4 Å². The molecule has 274 valence electrons. The molecule has 10 heteroatoms. The number of halogens is 1. The maximum absolute atomic E-state index is 12.0. The number of nitriles is 1. The Labute approximate surface area is 311 Å². The fourth-order valence-corrected chi connectivity index (χ4v) is 8.33. The van der Waals surface area contributed by atoms with Gasteiger partial charge in [0.2, 0.25) is 0 Å². The van der Waals surface area contributed by atoms with Crippen molar-refractivity contribution in [2.45, 2.75) is 95.5 Å². The number of carbonyl (C=O) groups is 2. The van der Waals surface area contributed by atoms with Gasteiger partial charge in [-0.05, 0) is 137 Å². The molecule has 1 aliphatic heterocycles. The van der Waals surface area contributed by atoms with E-state index >= 15 is 0 Å². The van der Waals surface area contributed by atoms with Gasteiger partial charge in [-0.25, -0.2) is 4.79 Å². The zero-order valence-electron chi connectivity index (χ0n) is 30.2. The summed E-state index contributed by atoms with van der Waals surface area (Å²) in [6.45, 7) is 3.62. The third kappa shape index (κ3) is 8.23. The predicted octanol–water partition coefficient (Wildman–Crippen LogP) is 8.94. The summed E-state index contributed by atoms with van der Waals surface area (Å²) in [5.41, 5.74) is 7.74. The van der Waals surface area contributed by atoms with Gasteiger partial charge in [-0.1, -0.05) is 35.4 Å². The number of carboxylic acid groups (broad SMARTS) is 1. The lowest BCUT2D eigenvalue weighted by molar-refractivity contribution is -0.143. The van der Waals surface area contributed by atoms with Crippen molar-refractivity contribution in [3.63, 3.8) is 0 Å². The summed E-state index contributed by atoms with van der Waals surface area (Å²) in [5, 5.41) is 19.8. The third-order valence-electron chi connectivity index (χ3n) is 11.1. The van der Waals surface area contributed by atoms with Gasteiger partial charge < -0.3 is 24.2 Å². The Kier molecular flexibility index (Phi) is 12.1. The fraction of sp³-hybridized carbons (Fsp3) is 0.476. The molecule has 9 nitrogen and oxygen atoms in total. The first-order valence-electron chi connectivity index (χ1n) is 18.6. The summed E-state index contributed by atoms with van der Waals surface area (Å²) in [6, 6.07) is 18.5. The van der Waals surface area contributed by atoms with Crippen LogP contribution in [0.5, 0.6) is 11.5 Å². The molecule has 0 bridgehead atoms. The highest BCUT2D eigenvalue weighted by Crippen LogP contribution is 2.44. The van der Waals surface area contributed by atoms with E-state index in [2.05, 4.69) is 24.3 Å². The monoisotopic (exact) mass is 725 g/mol. The lowest BCUT2D eigenvalue weighted by Crippen LogP contribution is -2.37. The molecule has 1 saturated heterocycles. The van der Waals surface area contributed by atoms with Gasteiger partial charge in [-0.15, -0.1) is 0 Å². The van der Waals surface area contributed by atoms with Crippen molar-refractivity contribution in [3.05, 3.63) is 93.3 Å². The molecule has 2 saturated carbocycles. The van der Waals surface area contributed by atoms with Crippen molar-refractivity contribution in [2.75, 3.05) is 26.8 Å². The molecule has 1 N–H and O–H groups in total. The van der Waals surface area contributed by atoms with Gasteiger partial charge in [0.05, 0.1) is 42.9 Å². The number of rotatable bonds is 6. The number of nitrogens with zero attached hydrogens (tertiary/aromatic N) is 3. The fourth-order valence-electron chi connectivity index (χ4n) is 8.13. The topological polar surface area (TPSA) is 122 Å². The molecule has 3 fully saturated rings. The third-order valence-corrected chi connectivity index (χ3v) is 11.3. The highest BCUT2D eigenvalue weighted by molar-refractivity contribution is 6.30. The quantitative estimate of drug-likeness (QED) is 0.267. The largest absolute Gasteiger partial charge is 0.493 e. The highest BCUT2D eigenvalue weighted by atomic mass is 35.5. The normalized spacial score (nSPS) is 21.4. The van der Waals surface area contributed by atoms with Gasteiger partial charge in [0, 0.05) is 29.9 Å². The number of ether oxygens (including phenoxy) is 3. The Bertz CT molecular complexity index is 1830. The lowest BCUT2D eigenvalue weighted by Gasteiger charge is -2.34. The number of piperidine rings is 1. The second-order valence-electron chi connectivity index (χ2n) is 14.2. The van der Waals surface area contributed by atoms with Crippen LogP contribution in [0.15, 0.2) is 60.3 Å². The standard InChI is InChI=1S/C22H23ClN2O2.C20H25NO4/c1-2-27-22(26)25-12-9-15(10-13-25)20-19-8-7-18(23)14-17(19)6-5-16-4-3-11-24-21(16)20;1-24-17-7-6-15(12-18(17)25-16-4-2-3-5-16)20(13-21)10-8-14(9-11-20)19(22)23/h3-4,7-8,11,14H,2,5-6,9-10,12-13H2,1H3;6-7,12,14,16H,2-5,8-11H2,1H3,(H,22,23). The molecule has 52 heavy (non-hydrogen) atoms. The van der Waals surface area contributed by atoms with E-state index in [-0.39, 0.29) is 18.1 Å². The number of hydrogen-bond donors (Lipinski definition) is 1. The number of fused-ring (bicyclic) bond motifs is 2. The number of likely N-dealkylation sites (tertiary alicyclic amines) is 1. The number of carboxylic acids is 1. The first-order valence-corrected chi connectivity index (χ1v) is 19.0. The molecule has 3 aromatic rings. The molecule has 0 radical (unpaired) electrons. The van der Waals surface area contributed by atoms with Crippen LogP contribution < -0.4 is 9.47 Å². The van der Waals surface area contributed by atoms with Crippen LogP contribution in [0, 0.1) is 17.2 Å². The maximum Gasteiger partial charge on any atom is 0.409 e. The molecule has 7 rings (SSSR count). The summed E-state index contributed by atoms with van der Waals surface area (Å²) < 4.78 is 16.7. The van der Waals surface area contributed by atoms with E-state index in [4.69, 9.17) is 30.8 Å². The van der Waals surface area contributed by atoms with Crippen LogP contribution in [0.25, 0.3) is 5.57 Å². The van der Waals surface area contributed by atoms with Crippen LogP contribution >= 0.6 is 11.6 Å². The Morgan fingerprint density at radius 2 is 1.71 bits per heavy atom. The summed E-state index contributed by atoms with van der Waals surface area (Å²) in [6.07, 6.45) is 12.1. The number of aryl methyl sites for hydroxylation is 2. The first kappa shape index (κ1) is 37.2. The van der Waals surface area contributed by atoms with Crippen molar-refractivity contribution in [2.24, 2.45) is 5.92 Å². The number of aromatic nitrogens is 1. The number of carbonyl (C=O) groups excluding carboxylic acids is 1. The van der Waals surface area contributed by atoms with Crippen molar-refractivity contribution >= 4 is 29.2 Å². The predicted molar refractivity (Wildman–Crippen MR) is 200 cm³/mol. The van der Waals surface area contributed by atoms with Gasteiger partial charge in [-0.3, -0.25) is 9.78 Å². The van der Waals surface area contributed by atoms with E-state index in [0.717, 1.165) is 54.8 Å². The zero-order valence-corrected chi connectivity index (χ0v) is 30.9. The van der Waals surface area contributed by atoms with E-state index in [1.807, 2.05) is 43.5 Å². The van der Waals surface area contributed by atoms with Gasteiger partial charge in [0.1, 0.15) is 0 Å². The highest BCUT2D eigenvalue weighted by Gasteiger charge is 2.40. The number of amides is 1. The summed E-state index contributed by atoms with van der Waals surface area (Å²) in [4.78, 5) is 29.8. The van der Waals surface area contributed by atoms with Crippen molar-refractivity contribution < 1.29 is 28.9 Å². The van der Waals surface area contributed by atoms with Crippen LogP contribution in [0.4, 0.5) is 4.79 Å². The summed E-state index contributed by atoms with van der Waals surface area (Å²) >= 11 is 6.27. The molecular weight excluding hydrogens is 678 g/mol. The Hall–Kier alpha value is -4.55. The number of methoxy groups -OCH3 is 1. The van der Waals surface area contributed by atoms with Gasteiger partial charge >= 0.3 is 12.1 Å². The molecule has 4 aliphatic rings. The number of hydrogen-bond acceptors (Lipinski definition) is 7. The maximum atomic E-state index is 12.0. The molecule has 1 aromatic heterocycles. The van der Waals surface area contributed by atoms with Gasteiger partial charge in [-0.2, -0.15) is 5.26 Å². The molecule has 1 amide bonds.